The molecule has 0 aliphatic heterocycles. The minimum atomic E-state index is -0.0645. The number of nitrogens with zero attached hydrogens (tertiary/aromatic N) is 4. The minimum absolute atomic E-state index is 0.0645. The van der Waals surface area contributed by atoms with Gasteiger partial charge in [0.15, 0.2) is 17.5 Å². The molecular formula is C48H40N4. The first-order valence-electron chi connectivity index (χ1n) is 18.3. The Hall–Kier alpha value is -6.00. The summed E-state index contributed by atoms with van der Waals surface area (Å²) in [6.45, 7) is 8.66. The van der Waals surface area contributed by atoms with E-state index in [1.54, 1.807) is 0 Å². The van der Waals surface area contributed by atoms with E-state index in [0.29, 0.717) is 23.4 Å². The van der Waals surface area contributed by atoms with Crippen molar-refractivity contribution in [2.45, 2.75) is 46.0 Å². The van der Waals surface area contributed by atoms with E-state index in [9.17, 15) is 0 Å². The molecule has 4 heteroatoms. The zero-order valence-electron chi connectivity index (χ0n) is 30.1. The van der Waals surface area contributed by atoms with Crippen molar-refractivity contribution in [2.24, 2.45) is 10.9 Å². The second-order valence-corrected chi connectivity index (χ2v) is 14.5. The fourth-order valence-corrected chi connectivity index (χ4v) is 8.39. The monoisotopic (exact) mass is 672 g/mol. The van der Waals surface area contributed by atoms with Gasteiger partial charge >= 0.3 is 0 Å². The van der Waals surface area contributed by atoms with Gasteiger partial charge in [-0.25, -0.2) is 15.0 Å². The van der Waals surface area contributed by atoms with E-state index in [1.165, 1.54) is 55.6 Å². The van der Waals surface area contributed by atoms with Crippen molar-refractivity contribution < 1.29 is 0 Å². The molecule has 52 heavy (non-hydrogen) atoms. The van der Waals surface area contributed by atoms with E-state index < -0.39 is 0 Å². The maximum Gasteiger partial charge on any atom is 0.164 e. The third kappa shape index (κ3) is 5.29. The number of hydrogen-bond acceptors (Lipinski definition) is 4. The Morgan fingerprint density at radius 1 is 0.654 bits per heavy atom. The third-order valence-corrected chi connectivity index (χ3v) is 11.0. The fraction of sp³-hybridized carbons (Fsp3) is 0.167. The molecule has 1 atom stereocenters. The van der Waals surface area contributed by atoms with Crippen LogP contribution < -0.4 is 0 Å². The second kappa shape index (κ2) is 12.6. The summed E-state index contributed by atoms with van der Waals surface area (Å²) in [4.78, 5) is 20.2. The molecule has 0 radical (unpaired) electrons. The van der Waals surface area contributed by atoms with Gasteiger partial charge in [0.2, 0.25) is 0 Å². The molecule has 1 unspecified atom stereocenters. The molecule has 0 saturated carbocycles. The third-order valence-electron chi connectivity index (χ3n) is 11.0. The van der Waals surface area contributed by atoms with Crippen molar-refractivity contribution in [1.29, 1.82) is 0 Å². The Kier molecular flexibility index (Phi) is 7.77. The van der Waals surface area contributed by atoms with E-state index in [4.69, 9.17) is 15.0 Å². The lowest BCUT2D eigenvalue weighted by molar-refractivity contribution is 0.660. The number of rotatable bonds is 6. The topological polar surface area (TPSA) is 51.0 Å². The zero-order valence-corrected chi connectivity index (χ0v) is 30.1. The maximum atomic E-state index is 5.27. The van der Waals surface area contributed by atoms with Gasteiger partial charge in [0.25, 0.3) is 0 Å². The molecule has 9 rings (SSSR count). The molecular weight excluding hydrogens is 633 g/mol. The number of benzene rings is 5. The normalized spacial score (nSPS) is 16.7. The molecule has 1 heterocycles. The van der Waals surface area contributed by atoms with Crippen molar-refractivity contribution in [2.75, 3.05) is 0 Å². The predicted octanol–water partition coefficient (Wildman–Crippen LogP) is 11.7. The van der Waals surface area contributed by atoms with Crippen LogP contribution in [0.1, 0.15) is 61.9 Å². The van der Waals surface area contributed by atoms with E-state index >= 15 is 0 Å². The Bertz CT molecular complexity index is 2510. The molecule has 0 saturated heterocycles. The molecule has 3 aliphatic rings. The Morgan fingerprint density at radius 3 is 2.15 bits per heavy atom. The van der Waals surface area contributed by atoms with Crippen LogP contribution in [0.25, 0.3) is 62.0 Å². The lowest BCUT2D eigenvalue weighted by Gasteiger charge is -2.21. The van der Waals surface area contributed by atoms with Gasteiger partial charge in [-0.2, -0.15) is 0 Å². The minimum Gasteiger partial charge on any atom is -0.266 e. The lowest BCUT2D eigenvalue weighted by atomic mass is 9.82. The number of allylic oxidation sites excluding steroid dienone is 5. The fourth-order valence-electron chi connectivity index (χ4n) is 8.39. The van der Waals surface area contributed by atoms with Crippen LogP contribution in [0.2, 0.25) is 0 Å². The summed E-state index contributed by atoms with van der Waals surface area (Å²) in [5.41, 5.74) is 16.8. The van der Waals surface area contributed by atoms with Crippen molar-refractivity contribution in [3.05, 3.63) is 167 Å². The standard InChI is InChI=1S/C48H40N4/c1-5-43(49-6-2)31-21-19-30(20-22-31)33-23-24-34-27-35-15-12-17-38(44(35)39(34)28-33)47-51-45(32-13-8-7-9-14-32)50-46(52-47)36-25-26-42-40(29-36)37-16-10-11-18-41(37)48(42,3)4/h5-21,23-26,28-29,31H,22,27H2,1-4H3/b43-5-,49-6?. The van der Waals surface area contributed by atoms with Crippen LogP contribution >= 0.6 is 0 Å². The summed E-state index contributed by atoms with van der Waals surface area (Å²) in [6.07, 6.45) is 12.7. The van der Waals surface area contributed by atoms with E-state index in [-0.39, 0.29) is 5.41 Å². The van der Waals surface area contributed by atoms with Crippen LogP contribution in [0.4, 0.5) is 0 Å². The largest absolute Gasteiger partial charge is 0.266 e. The smallest absolute Gasteiger partial charge is 0.164 e. The number of fused-ring (bicyclic) bond motifs is 6. The first-order chi connectivity index (χ1) is 25.4. The Balaban J connectivity index is 1.15. The highest BCUT2D eigenvalue weighted by Crippen LogP contribution is 2.50. The quantitative estimate of drug-likeness (QED) is 0.165. The molecule has 0 N–H and O–H groups in total. The average Bonchev–Trinajstić information content (AvgIpc) is 3.68. The first-order valence-corrected chi connectivity index (χ1v) is 18.3. The highest BCUT2D eigenvalue weighted by Gasteiger charge is 2.35. The van der Waals surface area contributed by atoms with Gasteiger partial charge in [-0.15, -0.1) is 0 Å². The molecule has 0 bridgehead atoms. The van der Waals surface area contributed by atoms with Gasteiger partial charge in [-0.1, -0.05) is 135 Å². The van der Waals surface area contributed by atoms with Crippen LogP contribution in [0.3, 0.4) is 0 Å². The molecule has 0 amide bonds. The highest BCUT2D eigenvalue weighted by molar-refractivity contribution is 5.91. The summed E-state index contributed by atoms with van der Waals surface area (Å²) in [6, 6.07) is 39.2. The first kappa shape index (κ1) is 31.9. The molecule has 6 aromatic rings. The summed E-state index contributed by atoms with van der Waals surface area (Å²) >= 11 is 0. The summed E-state index contributed by atoms with van der Waals surface area (Å²) in [7, 11) is 0. The summed E-state index contributed by atoms with van der Waals surface area (Å²) < 4.78 is 0. The zero-order chi connectivity index (χ0) is 35.4. The number of aromatic nitrogens is 3. The average molecular weight is 673 g/mol. The van der Waals surface area contributed by atoms with Crippen LogP contribution in [0.5, 0.6) is 0 Å². The predicted molar refractivity (Wildman–Crippen MR) is 215 cm³/mol. The number of hydrogen-bond donors (Lipinski definition) is 0. The maximum absolute atomic E-state index is 5.27. The summed E-state index contributed by atoms with van der Waals surface area (Å²) in [5.74, 6) is 2.34. The molecule has 1 aromatic heterocycles. The summed E-state index contributed by atoms with van der Waals surface area (Å²) in [5, 5.41) is 0. The number of aliphatic imine (C=N–C) groups is 1. The molecule has 0 spiro atoms. The highest BCUT2D eigenvalue weighted by atomic mass is 15.0. The van der Waals surface area contributed by atoms with Crippen molar-refractivity contribution >= 4 is 11.8 Å². The van der Waals surface area contributed by atoms with Crippen molar-refractivity contribution in [3.8, 4) is 56.4 Å². The van der Waals surface area contributed by atoms with Crippen molar-refractivity contribution in [1.82, 2.24) is 15.0 Å². The Labute approximate surface area is 306 Å². The Morgan fingerprint density at radius 2 is 1.37 bits per heavy atom. The van der Waals surface area contributed by atoms with Crippen LogP contribution in [-0.4, -0.2) is 21.2 Å². The molecule has 5 aromatic carbocycles. The van der Waals surface area contributed by atoms with Gasteiger partial charge in [0.05, 0.1) is 0 Å². The van der Waals surface area contributed by atoms with Gasteiger partial charge < -0.3 is 0 Å². The van der Waals surface area contributed by atoms with Crippen LogP contribution in [0.15, 0.2) is 144 Å². The van der Waals surface area contributed by atoms with E-state index in [2.05, 4.69) is 141 Å². The molecule has 252 valence electrons. The SMILES string of the molecule is CC=N/C(=C\C)C1C=CC(c2ccc3c(c2)-c2c(cccc2-c2nc(-c4ccccc4)nc(-c4ccc5c(c4)-c4ccccc4C5(C)C)n2)C3)=CC1. The van der Waals surface area contributed by atoms with Crippen molar-refractivity contribution in [3.63, 3.8) is 0 Å². The van der Waals surface area contributed by atoms with Gasteiger partial charge in [0, 0.05) is 39.9 Å². The van der Waals surface area contributed by atoms with E-state index in [0.717, 1.165) is 35.2 Å². The molecule has 0 fully saturated rings. The van der Waals surface area contributed by atoms with Gasteiger partial charge in [-0.05, 0) is 94.5 Å². The van der Waals surface area contributed by atoms with Gasteiger partial charge in [-0.3, -0.25) is 4.99 Å². The second-order valence-electron chi connectivity index (χ2n) is 14.5. The molecule has 3 aliphatic carbocycles. The van der Waals surface area contributed by atoms with Crippen LogP contribution in [0, 0.1) is 5.92 Å². The van der Waals surface area contributed by atoms with Crippen LogP contribution in [-0.2, 0) is 11.8 Å². The van der Waals surface area contributed by atoms with E-state index in [1.807, 2.05) is 31.3 Å². The lowest BCUT2D eigenvalue weighted by Crippen LogP contribution is -2.14. The molecule has 4 nitrogen and oxygen atoms in total. The van der Waals surface area contributed by atoms with Gasteiger partial charge in [0.1, 0.15) is 0 Å².